The van der Waals surface area contributed by atoms with Crippen LogP contribution in [0.3, 0.4) is 0 Å². The standard InChI is InChI=1S/C12H20N2O3S/c1-2-9-17-12-6-4-11(5-7-12)14-18(15,16)10-3-8-13/h4-7,14H,2-3,8-10,13H2,1H3. The van der Waals surface area contributed by atoms with Crippen LogP contribution in [0.2, 0.25) is 0 Å². The maximum absolute atomic E-state index is 11.6. The van der Waals surface area contributed by atoms with E-state index in [0.29, 0.717) is 25.3 Å². The van der Waals surface area contributed by atoms with Crippen molar-refractivity contribution >= 4 is 15.7 Å². The van der Waals surface area contributed by atoms with Crippen LogP contribution in [0, 0.1) is 0 Å². The van der Waals surface area contributed by atoms with Crippen LogP contribution in [0.4, 0.5) is 5.69 Å². The zero-order valence-corrected chi connectivity index (χ0v) is 11.4. The summed E-state index contributed by atoms with van der Waals surface area (Å²) >= 11 is 0. The number of nitrogens with one attached hydrogen (secondary N) is 1. The topological polar surface area (TPSA) is 81.4 Å². The number of benzene rings is 1. The van der Waals surface area contributed by atoms with Crippen LogP contribution in [0.5, 0.6) is 5.75 Å². The first-order chi connectivity index (χ1) is 8.57. The molecule has 5 nitrogen and oxygen atoms in total. The molecule has 0 radical (unpaired) electrons. The lowest BCUT2D eigenvalue weighted by Gasteiger charge is -2.09. The average Bonchev–Trinajstić information content (AvgIpc) is 2.35. The summed E-state index contributed by atoms with van der Waals surface area (Å²) in [6, 6.07) is 6.86. The summed E-state index contributed by atoms with van der Waals surface area (Å²) in [7, 11) is -3.30. The zero-order chi connectivity index (χ0) is 13.4. The number of ether oxygens (including phenoxy) is 1. The molecule has 0 aliphatic rings. The largest absolute Gasteiger partial charge is 0.494 e. The highest BCUT2D eigenvalue weighted by atomic mass is 32.2. The van der Waals surface area contributed by atoms with Gasteiger partial charge in [0, 0.05) is 5.69 Å². The fourth-order valence-electron chi connectivity index (χ4n) is 1.34. The van der Waals surface area contributed by atoms with Gasteiger partial charge in [-0.3, -0.25) is 4.72 Å². The van der Waals surface area contributed by atoms with Gasteiger partial charge in [-0.05, 0) is 43.7 Å². The average molecular weight is 272 g/mol. The number of hydrogen-bond acceptors (Lipinski definition) is 4. The molecule has 0 aliphatic carbocycles. The van der Waals surface area contributed by atoms with Crippen molar-refractivity contribution in [3.05, 3.63) is 24.3 Å². The smallest absolute Gasteiger partial charge is 0.232 e. The summed E-state index contributed by atoms with van der Waals surface area (Å²) < 4.78 is 31.1. The normalized spacial score (nSPS) is 11.2. The lowest BCUT2D eigenvalue weighted by molar-refractivity contribution is 0.317. The molecule has 1 aromatic carbocycles. The van der Waals surface area contributed by atoms with Crippen molar-refractivity contribution < 1.29 is 13.2 Å². The van der Waals surface area contributed by atoms with Gasteiger partial charge < -0.3 is 10.5 Å². The Morgan fingerprint density at radius 1 is 1.28 bits per heavy atom. The summed E-state index contributed by atoms with van der Waals surface area (Å²) in [5.41, 5.74) is 5.82. The molecule has 3 N–H and O–H groups in total. The molecule has 0 bridgehead atoms. The van der Waals surface area contributed by atoms with Crippen molar-refractivity contribution in [3.63, 3.8) is 0 Å². The molecule has 0 heterocycles. The number of anilines is 1. The number of rotatable bonds is 8. The second-order valence-corrected chi connectivity index (χ2v) is 5.78. The maximum atomic E-state index is 11.6. The third-order valence-electron chi connectivity index (χ3n) is 2.22. The SMILES string of the molecule is CCCOc1ccc(NS(=O)(=O)CCCN)cc1. The third-order valence-corrected chi connectivity index (χ3v) is 3.59. The molecule has 0 spiro atoms. The van der Waals surface area contributed by atoms with E-state index >= 15 is 0 Å². The summed E-state index contributed by atoms with van der Waals surface area (Å²) in [5, 5.41) is 0. The van der Waals surface area contributed by atoms with Crippen molar-refractivity contribution in [2.24, 2.45) is 5.73 Å². The Kier molecular flexibility index (Phi) is 5.94. The van der Waals surface area contributed by atoms with Gasteiger partial charge in [0.2, 0.25) is 10.0 Å². The van der Waals surface area contributed by atoms with Gasteiger partial charge in [0.25, 0.3) is 0 Å². The highest BCUT2D eigenvalue weighted by Gasteiger charge is 2.09. The van der Waals surface area contributed by atoms with E-state index in [1.54, 1.807) is 24.3 Å². The first kappa shape index (κ1) is 14.8. The highest BCUT2D eigenvalue weighted by Crippen LogP contribution is 2.17. The number of nitrogens with two attached hydrogens (primary N) is 1. The van der Waals surface area contributed by atoms with Crippen molar-refractivity contribution in [2.75, 3.05) is 23.6 Å². The van der Waals surface area contributed by atoms with Gasteiger partial charge >= 0.3 is 0 Å². The zero-order valence-electron chi connectivity index (χ0n) is 10.6. The Balaban J connectivity index is 2.57. The van der Waals surface area contributed by atoms with Crippen molar-refractivity contribution in [1.29, 1.82) is 0 Å². The van der Waals surface area contributed by atoms with Crippen molar-refractivity contribution in [3.8, 4) is 5.75 Å². The molecule has 0 aromatic heterocycles. The van der Waals surface area contributed by atoms with Gasteiger partial charge in [0.15, 0.2) is 0 Å². The molecule has 102 valence electrons. The second kappa shape index (κ2) is 7.23. The van der Waals surface area contributed by atoms with Crippen LogP contribution in [0.15, 0.2) is 24.3 Å². The molecule has 0 fully saturated rings. The minimum absolute atomic E-state index is 0.0393. The molecule has 1 aromatic rings. The van der Waals surface area contributed by atoms with Crippen LogP contribution in [-0.4, -0.2) is 27.3 Å². The van der Waals surface area contributed by atoms with E-state index in [1.165, 1.54) is 0 Å². The molecule has 0 amide bonds. The molecule has 0 saturated heterocycles. The van der Waals surface area contributed by atoms with E-state index in [2.05, 4.69) is 4.72 Å². The number of sulfonamides is 1. The van der Waals surface area contributed by atoms with Gasteiger partial charge in [-0.2, -0.15) is 0 Å². The molecule has 0 atom stereocenters. The predicted molar refractivity (Wildman–Crippen MR) is 73.3 cm³/mol. The van der Waals surface area contributed by atoms with Crippen molar-refractivity contribution in [1.82, 2.24) is 0 Å². The Labute approximate surface area is 108 Å². The molecule has 1 rings (SSSR count). The highest BCUT2D eigenvalue weighted by molar-refractivity contribution is 7.92. The van der Waals surface area contributed by atoms with Crippen LogP contribution < -0.4 is 15.2 Å². The van der Waals surface area contributed by atoms with Crippen LogP contribution >= 0.6 is 0 Å². The molecule has 0 aliphatic heterocycles. The molecule has 18 heavy (non-hydrogen) atoms. The lowest BCUT2D eigenvalue weighted by atomic mass is 10.3. The van der Waals surface area contributed by atoms with Gasteiger partial charge in [0.05, 0.1) is 12.4 Å². The minimum Gasteiger partial charge on any atom is -0.494 e. The quantitative estimate of drug-likeness (QED) is 0.752. The Morgan fingerprint density at radius 3 is 2.50 bits per heavy atom. The number of hydrogen-bond donors (Lipinski definition) is 2. The van der Waals surface area contributed by atoms with Crippen LogP contribution in [-0.2, 0) is 10.0 Å². The van der Waals surface area contributed by atoms with Crippen molar-refractivity contribution in [2.45, 2.75) is 19.8 Å². The predicted octanol–water partition coefficient (Wildman–Crippen LogP) is 1.57. The first-order valence-electron chi connectivity index (χ1n) is 6.01. The summed E-state index contributed by atoms with van der Waals surface area (Å²) in [6.45, 7) is 3.05. The first-order valence-corrected chi connectivity index (χ1v) is 7.66. The summed E-state index contributed by atoms with van der Waals surface area (Å²) in [5.74, 6) is 0.777. The molecular weight excluding hydrogens is 252 g/mol. The fraction of sp³-hybridized carbons (Fsp3) is 0.500. The van der Waals surface area contributed by atoms with E-state index in [4.69, 9.17) is 10.5 Å². The van der Waals surface area contributed by atoms with E-state index in [-0.39, 0.29) is 5.75 Å². The molecular formula is C12H20N2O3S. The minimum atomic E-state index is -3.30. The van der Waals surface area contributed by atoms with E-state index in [1.807, 2.05) is 6.92 Å². The molecule has 0 unspecified atom stereocenters. The molecule has 6 heteroatoms. The Hall–Kier alpha value is -1.27. The van der Waals surface area contributed by atoms with Gasteiger partial charge in [-0.25, -0.2) is 8.42 Å². The van der Waals surface area contributed by atoms with E-state index in [0.717, 1.165) is 12.2 Å². The van der Waals surface area contributed by atoms with E-state index < -0.39 is 10.0 Å². The summed E-state index contributed by atoms with van der Waals surface area (Å²) in [6.07, 6.45) is 1.39. The summed E-state index contributed by atoms with van der Waals surface area (Å²) in [4.78, 5) is 0. The van der Waals surface area contributed by atoms with Gasteiger partial charge in [0.1, 0.15) is 5.75 Å². The maximum Gasteiger partial charge on any atom is 0.232 e. The van der Waals surface area contributed by atoms with Crippen LogP contribution in [0.25, 0.3) is 0 Å². The fourth-order valence-corrected chi connectivity index (χ4v) is 2.49. The Morgan fingerprint density at radius 2 is 1.94 bits per heavy atom. The Bertz CT molecular complexity index is 443. The molecule has 0 saturated carbocycles. The van der Waals surface area contributed by atoms with Gasteiger partial charge in [-0.15, -0.1) is 0 Å². The monoisotopic (exact) mass is 272 g/mol. The van der Waals surface area contributed by atoms with E-state index in [9.17, 15) is 8.42 Å². The van der Waals surface area contributed by atoms with Gasteiger partial charge in [-0.1, -0.05) is 6.92 Å². The lowest BCUT2D eigenvalue weighted by Crippen LogP contribution is -2.18. The second-order valence-electron chi connectivity index (χ2n) is 3.94. The third kappa shape index (κ3) is 5.37. The van der Waals surface area contributed by atoms with Crippen LogP contribution in [0.1, 0.15) is 19.8 Å².